The fraction of sp³-hybridized carbons (Fsp3) is 0.500. The monoisotopic (exact) mass is 275 g/mol. The van der Waals surface area contributed by atoms with Crippen molar-refractivity contribution in [3.05, 3.63) is 30.3 Å². The lowest BCUT2D eigenvalue weighted by atomic mass is 9.83. The Bertz CT molecular complexity index is 513. The lowest BCUT2D eigenvalue weighted by molar-refractivity contribution is 0.127. The second kappa shape index (κ2) is 6.47. The van der Waals surface area contributed by atoms with Gasteiger partial charge < -0.3 is 10.4 Å². The highest BCUT2D eigenvalue weighted by molar-refractivity contribution is 5.38. The highest BCUT2D eigenvalue weighted by atomic mass is 16.3. The molecule has 0 spiro atoms. The van der Waals surface area contributed by atoms with Crippen LogP contribution in [0.15, 0.2) is 30.3 Å². The number of nitrogens with one attached hydrogen (secondary N) is 1. The normalized spacial score (nSPS) is 11.6. The zero-order valence-electron chi connectivity index (χ0n) is 12.0. The summed E-state index contributed by atoms with van der Waals surface area (Å²) in [5.41, 5.74) is 0.774. The first-order valence-corrected chi connectivity index (χ1v) is 6.93. The molecule has 0 aliphatic carbocycles. The van der Waals surface area contributed by atoms with Gasteiger partial charge in [-0.25, -0.2) is 0 Å². The molecule has 1 aromatic heterocycles. The summed E-state index contributed by atoms with van der Waals surface area (Å²) in [6, 6.07) is 9.72. The SMILES string of the molecule is CCC(CC)(CO)CNc1nnnn1-c1ccccc1. The summed E-state index contributed by atoms with van der Waals surface area (Å²) in [5, 5.41) is 24.6. The van der Waals surface area contributed by atoms with Crippen molar-refractivity contribution in [2.24, 2.45) is 5.41 Å². The Morgan fingerprint density at radius 3 is 2.50 bits per heavy atom. The molecule has 0 saturated carbocycles. The molecule has 20 heavy (non-hydrogen) atoms. The number of hydrogen-bond donors (Lipinski definition) is 2. The molecule has 6 nitrogen and oxygen atoms in total. The number of anilines is 1. The molecule has 0 unspecified atom stereocenters. The Hall–Kier alpha value is -1.95. The van der Waals surface area contributed by atoms with Crippen LogP contribution in [-0.4, -0.2) is 38.5 Å². The van der Waals surface area contributed by atoms with E-state index in [2.05, 4.69) is 34.7 Å². The summed E-state index contributed by atoms with van der Waals surface area (Å²) in [6.07, 6.45) is 1.81. The summed E-state index contributed by atoms with van der Waals surface area (Å²) in [5.74, 6) is 0.593. The first-order chi connectivity index (χ1) is 9.74. The molecule has 6 heteroatoms. The van der Waals surface area contributed by atoms with Crippen LogP contribution in [0.1, 0.15) is 26.7 Å². The summed E-state index contributed by atoms with van der Waals surface area (Å²) in [4.78, 5) is 0. The molecule has 0 fully saturated rings. The standard InChI is InChI=1S/C14H21N5O/c1-3-14(4-2,11-20)10-15-13-16-17-18-19(13)12-8-6-5-7-9-12/h5-9,20H,3-4,10-11H2,1-2H3,(H,15,16,18). The van der Waals surface area contributed by atoms with Crippen molar-refractivity contribution in [3.8, 4) is 5.69 Å². The fourth-order valence-corrected chi connectivity index (χ4v) is 2.09. The minimum atomic E-state index is -0.131. The van der Waals surface area contributed by atoms with Gasteiger partial charge in [-0.05, 0) is 35.4 Å². The maximum atomic E-state index is 9.59. The number of benzene rings is 1. The number of hydrogen-bond acceptors (Lipinski definition) is 5. The summed E-state index contributed by atoms with van der Waals surface area (Å²) in [7, 11) is 0. The third-order valence-electron chi connectivity index (χ3n) is 3.93. The maximum Gasteiger partial charge on any atom is 0.247 e. The van der Waals surface area contributed by atoms with Crippen LogP contribution < -0.4 is 5.32 Å². The van der Waals surface area contributed by atoms with E-state index in [0.29, 0.717) is 12.5 Å². The van der Waals surface area contributed by atoms with Gasteiger partial charge in [-0.2, -0.15) is 4.68 Å². The molecule has 0 atom stereocenters. The molecular formula is C14H21N5O. The van der Waals surface area contributed by atoms with Gasteiger partial charge >= 0.3 is 0 Å². The average molecular weight is 275 g/mol. The van der Waals surface area contributed by atoms with Crippen LogP contribution in [-0.2, 0) is 0 Å². The fourth-order valence-electron chi connectivity index (χ4n) is 2.09. The molecule has 2 aromatic rings. The molecule has 2 rings (SSSR count). The van der Waals surface area contributed by atoms with E-state index in [1.165, 1.54) is 0 Å². The minimum absolute atomic E-state index is 0.131. The zero-order valence-corrected chi connectivity index (χ0v) is 12.0. The van der Waals surface area contributed by atoms with Gasteiger partial charge in [-0.15, -0.1) is 0 Å². The van der Waals surface area contributed by atoms with E-state index in [-0.39, 0.29) is 12.0 Å². The van der Waals surface area contributed by atoms with E-state index >= 15 is 0 Å². The highest BCUT2D eigenvalue weighted by Gasteiger charge is 2.25. The lowest BCUT2D eigenvalue weighted by Crippen LogP contribution is -2.33. The third kappa shape index (κ3) is 2.96. The molecule has 0 radical (unpaired) electrons. The number of aliphatic hydroxyl groups is 1. The van der Waals surface area contributed by atoms with Crippen LogP contribution in [0.3, 0.4) is 0 Å². The summed E-state index contributed by atoms with van der Waals surface area (Å²) >= 11 is 0. The molecule has 0 aliphatic heterocycles. The van der Waals surface area contributed by atoms with Crippen molar-refractivity contribution in [2.45, 2.75) is 26.7 Å². The van der Waals surface area contributed by atoms with Gasteiger partial charge in [0, 0.05) is 12.0 Å². The number of aliphatic hydroxyl groups excluding tert-OH is 1. The molecule has 1 aromatic carbocycles. The van der Waals surface area contributed by atoms with Crippen LogP contribution >= 0.6 is 0 Å². The molecule has 108 valence electrons. The summed E-state index contributed by atoms with van der Waals surface area (Å²) in [6.45, 7) is 4.97. The van der Waals surface area contributed by atoms with Crippen molar-refractivity contribution in [1.82, 2.24) is 20.2 Å². The largest absolute Gasteiger partial charge is 0.396 e. The van der Waals surface area contributed by atoms with Gasteiger partial charge in [0.1, 0.15) is 0 Å². The topological polar surface area (TPSA) is 75.9 Å². The van der Waals surface area contributed by atoms with Crippen LogP contribution in [0.25, 0.3) is 5.69 Å². The molecule has 0 bridgehead atoms. The van der Waals surface area contributed by atoms with Crippen LogP contribution in [0.4, 0.5) is 5.95 Å². The number of tetrazole rings is 1. The van der Waals surface area contributed by atoms with Crippen LogP contribution in [0.2, 0.25) is 0 Å². The van der Waals surface area contributed by atoms with Gasteiger partial charge in [0.25, 0.3) is 0 Å². The summed E-state index contributed by atoms with van der Waals surface area (Å²) < 4.78 is 1.66. The van der Waals surface area contributed by atoms with Gasteiger partial charge in [0.15, 0.2) is 0 Å². The highest BCUT2D eigenvalue weighted by Crippen LogP contribution is 2.26. The number of rotatable bonds is 7. The number of aromatic nitrogens is 4. The van der Waals surface area contributed by atoms with Gasteiger partial charge in [0.05, 0.1) is 12.3 Å². The van der Waals surface area contributed by atoms with E-state index in [0.717, 1.165) is 18.5 Å². The van der Waals surface area contributed by atoms with E-state index in [9.17, 15) is 5.11 Å². The Kier molecular flexibility index (Phi) is 4.68. The maximum absolute atomic E-state index is 9.59. The molecular weight excluding hydrogens is 254 g/mol. The molecule has 0 amide bonds. The van der Waals surface area contributed by atoms with Crippen molar-refractivity contribution in [2.75, 3.05) is 18.5 Å². The Morgan fingerprint density at radius 2 is 1.90 bits per heavy atom. The Morgan fingerprint density at radius 1 is 1.20 bits per heavy atom. The van der Waals surface area contributed by atoms with E-state index in [1.807, 2.05) is 30.3 Å². The minimum Gasteiger partial charge on any atom is -0.396 e. The molecule has 2 N–H and O–H groups in total. The first kappa shape index (κ1) is 14.5. The predicted molar refractivity (Wildman–Crippen MR) is 77.7 cm³/mol. The smallest absolute Gasteiger partial charge is 0.247 e. The number of nitrogens with zero attached hydrogens (tertiary/aromatic N) is 4. The van der Waals surface area contributed by atoms with Crippen LogP contribution in [0.5, 0.6) is 0 Å². The van der Waals surface area contributed by atoms with Gasteiger partial charge in [-0.1, -0.05) is 37.1 Å². The third-order valence-corrected chi connectivity index (χ3v) is 3.93. The Labute approximate surface area is 118 Å². The van der Waals surface area contributed by atoms with E-state index in [1.54, 1.807) is 4.68 Å². The van der Waals surface area contributed by atoms with Gasteiger partial charge in [0.2, 0.25) is 5.95 Å². The first-order valence-electron chi connectivity index (χ1n) is 6.93. The zero-order chi connectivity index (χ0) is 14.4. The van der Waals surface area contributed by atoms with Crippen molar-refractivity contribution in [3.63, 3.8) is 0 Å². The number of para-hydroxylation sites is 1. The quantitative estimate of drug-likeness (QED) is 0.807. The second-order valence-electron chi connectivity index (χ2n) is 4.97. The van der Waals surface area contributed by atoms with Crippen LogP contribution in [0, 0.1) is 5.41 Å². The molecule has 1 heterocycles. The lowest BCUT2D eigenvalue weighted by Gasteiger charge is -2.29. The molecule has 0 saturated heterocycles. The van der Waals surface area contributed by atoms with Crippen molar-refractivity contribution in [1.29, 1.82) is 0 Å². The van der Waals surface area contributed by atoms with Crippen molar-refractivity contribution >= 4 is 5.95 Å². The van der Waals surface area contributed by atoms with Crippen molar-refractivity contribution < 1.29 is 5.11 Å². The predicted octanol–water partition coefficient (Wildman–Crippen LogP) is 1.87. The van der Waals surface area contributed by atoms with Gasteiger partial charge in [-0.3, -0.25) is 0 Å². The average Bonchev–Trinajstić information content (AvgIpc) is 2.99. The van der Waals surface area contributed by atoms with E-state index < -0.39 is 0 Å². The molecule has 0 aliphatic rings. The Balaban J connectivity index is 2.14. The van der Waals surface area contributed by atoms with E-state index in [4.69, 9.17) is 0 Å². The second-order valence-corrected chi connectivity index (χ2v) is 4.97.